The molecule has 0 fully saturated rings. The van der Waals surface area contributed by atoms with Crippen molar-refractivity contribution in [2.75, 3.05) is 4.90 Å². The first kappa shape index (κ1) is 24.5. The van der Waals surface area contributed by atoms with Gasteiger partial charge in [-0.15, -0.1) is 0 Å². The predicted octanol–water partition coefficient (Wildman–Crippen LogP) is 6.52. The lowest BCUT2D eigenvalue weighted by molar-refractivity contribution is -0.131. The van der Waals surface area contributed by atoms with Gasteiger partial charge >= 0.3 is 5.97 Å². The van der Waals surface area contributed by atoms with Gasteiger partial charge in [0.2, 0.25) is 5.78 Å². The van der Waals surface area contributed by atoms with Crippen molar-refractivity contribution < 1.29 is 28.6 Å². The summed E-state index contributed by atoms with van der Waals surface area (Å²) in [7, 11) is 0. The highest BCUT2D eigenvalue weighted by molar-refractivity contribution is 9.10. The highest BCUT2D eigenvalue weighted by atomic mass is 79.9. The van der Waals surface area contributed by atoms with E-state index in [9.17, 15) is 19.5 Å². The second-order valence-electron chi connectivity index (χ2n) is 8.89. The number of aliphatic hydroxyl groups excluding tert-OH is 1. The normalized spacial score (nSPS) is 15.5. The highest BCUT2D eigenvalue weighted by Crippen LogP contribution is 2.43. The molecule has 1 atom stereocenters. The molecular formula is C29H22BrNO6. The van der Waals surface area contributed by atoms with Gasteiger partial charge < -0.3 is 14.3 Å². The number of hydrogen-bond acceptors (Lipinski definition) is 6. The average Bonchev–Trinajstić information content (AvgIpc) is 3.39. The zero-order valence-electron chi connectivity index (χ0n) is 20.2. The van der Waals surface area contributed by atoms with Crippen molar-refractivity contribution in [3.05, 3.63) is 105 Å². The van der Waals surface area contributed by atoms with E-state index < -0.39 is 29.5 Å². The molecule has 1 aliphatic rings. The fourth-order valence-corrected chi connectivity index (χ4v) is 4.82. The molecule has 0 radical (unpaired) electrons. The summed E-state index contributed by atoms with van der Waals surface area (Å²) in [6, 6.07) is 18.0. The van der Waals surface area contributed by atoms with E-state index >= 15 is 0 Å². The maximum atomic E-state index is 13.8. The van der Waals surface area contributed by atoms with Gasteiger partial charge in [-0.2, -0.15) is 0 Å². The summed E-state index contributed by atoms with van der Waals surface area (Å²) in [5.41, 5.74) is 3.49. The standard InChI is InChI=1S/C29H22BrNO6/c1-15-4-8-21(12-16(15)2)31-26(18-5-9-22(10-6-18)36-17(3)32)25(28(34)29(31)35)27(33)24-14-19-13-20(30)7-11-23(19)37-24/h4-14,26,34H,1-3H3. The van der Waals surface area contributed by atoms with Gasteiger partial charge in [0.05, 0.1) is 11.6 Å². The quantitative estimate of drug-likeness (QED) is 0.170. The number of aryl methyl sites for hydroxylation is 2. The van der Waals surface area contributed by atoms with Crippen molar-refractivity contribution in [3.63, 3.8) is 0 Å². The number of aliphatic hydroxyl groups is 1. The van der Waals surface area contributed by atoms with Crippen molar-refractivity contribution in [1.29, 1.82) is 0 Å². The van der Waals surface area contributed by atoms with E-state index in [1.807, 2.05) is 32.0 Å². The highest BCUT2D eigenvalue weighted by Gasteiger charge is 2.45. The molecule has 7 nitrogen and oxygen atoms in total. The Morgan fingerprint density at radius 1 is 0.973 bits per heavy atom. The van der Waals surface area contributed by atoms with Crippen LogP contribution in [0.5, 0.6) is 5.75 Å². The van der Waals surface area contributed by atoms with E-state index in [4.69, 9.17) is 9.15 Å². The van der Waals surface area contributed by atoms with Gasteiger partial charge in [0.15, 0.2) is 11.5 Å². The number of rotatable bonds is 5. The summed E-state index contributed by atoms with van der Waals surface area (Å²) >= 11 is 3.41. The second-order valence-corrected chi connectivity index (χ2v) is 9.81. The molecular weight excluding hydrogens is 538 g/mol. The van der Waals surface area contributed by atoms with Crippen molar-refractivity contribution in [2.45, 2.75) is 26.8 Å². The fourth-order valence-electron chi connectivity index (χ4n) is 4.44. The lowest BCUT2D eigenvalue weighted by Gasteiger charge is -2.27. The third-order valence-electron chi connectivity index (χ3n) is 6.38. The van der Waals surface area contributed by atoms with Crippen LogP contribution in [-0.2, 0) is 9.59 Å². The number of carbonyl (C=O) groups excluding carboxylic acids is 3. The van der Waals surface area contributed by atoms with Crippen LogP contribution < -0.4 is 9.64 Å². The van der Waals surface area contributed by atoms with Crippen molar-refractivity contribution >= 4 is 50.2 Å². The van der Waals surface area contributed by atoms with Crippen LogP contribution >= 0.6 is 15.9 Å². The minimum Gasteiger partial charge on any atom is -0.503 e. The van der Waals surface area contributed by atoms with E-state index in [1.54, 1.807) is 48.5 Å². The van der Waals surface area contributed by atoms with E-state index in [-0.39, 0.29) is 11.3 Å². The Morgan fingerprint density at radius 2 is 1.70 bits per heavy atom. The number of hydrogen-bond donors (Lipinski definition) is 1. The Hall–Kier alpha value is -4.17. The summed E-state index contributed by atoms with van der Waals surface area (Å²) in [6.07, 6.45) is 0. The minimum atomic E-state index is -0.937. The molecule has 1 amide bonds. The molecule has 8 heteroatoms. The molecule has 5 rings (SSSR count). The molecule has 0 spiro atoms. The zero-order chi connectivity index (χ0) is 26.4. The van der Waals surface area contributed by atoms with Crippen molar-refractivity contribution in [2.24, 2.45) is 0 Å². The summed E-state index contributed by atoms with van der Waals surface area (Å²) < 4.78 is 11.8. The van der Waals surface area contributed by atoms with E-state index in [0.717, 1.165) is 15.6 Å². The molecule has 1 aromatic heterocycles. The van der Waals surface area contributed by atoms with Gasteiger partial charge in [-0.3, -0.25) is 19.3 Å². The molecule has 4 aromatic rings. The topological polar surface area (TPSA) is 97.0 Å². The van der Waals surface area contributed by atoms with Gasteiger partial charge in [0.25, 0.3) is 5.91 Å². The molecule has 0 saturated carbocycles. The average molecular weight is 560 g/mol. The monoisotopic (exact) mass is 559 g/mol. The number of amides is 1. The summed E-state index contributed by atoms with van der Waals surface area (Å²) in [5, 5.41) is 11.7. The SMILES string of the molecule is CC(=O)Oc1ccc(C2C(C(=O)c3cc4cc(Br)ccc4o3)=C(O)C(=O)N2c2ccc(C)c(C)c2)cc1. The number of anilines is 1. The molecule has 0 aliphatic carbocycles. The smallest absolute Gasteiger partial charge is 0.308 e. The van der Waals surface area contributed by atoms with E-state index in [2.05, 4.69) is 15.9 Å². The number of ether oxygens (including phenoxy) is 1. The molecule has 0 saturated heterocycles. The maximum Gasteiger partial charge on any atom is 0.308 e. The van der Waals surface area contributed by atoms with Crippen LogP contribution in [0.15, 0.2) is 87.0 Å². The lowest BCUT2D eigenvalue weighted by Crippen LogP contribution is -2.31. The maximum absolute atomic E-state index is 13.8. The summed E-state index contributed by atoms with van der Waals surface area (Å²) in [5.74, 6) is -2.07. The fraction of sp³-hybridized carbons (Fsp3) is 0.138. The number of esters is 1. The molecule has 1 N–H and O–H groups in total. The predicted molar refractivity (Wildman–Crippen MR) is 142 cm³/mol. The number of fused-ring (bicyclic) bond motifs is 1. The number of nitrogens with zero attached hydrogens (tertiary/aromatic N) is 1. The van der Waals surface area contributed by atoms with Crippen LogP contribution in [0.4, 0.5) is 5.69 Å². The van der Waals surface area contributed by atoms with E-state index in [0.29, 0.717) is 28.0 Å². The number of halogens is 1. The van der Waals surface area contributed by atoms with Crippen LogP contribution in [0.2, 0.25) is 0 Å². The van der Waals surface area contributed by atoms with Gasteiger partial charge in [0.1, 0.15) is 11.3 Å². The second kappa shape index (κ2) is 9.37. The van der Waals surface area contributed by atoms with Crippen LogP contribution in [0.1, 0.15) is 40.2 Å². The molecule has 3 aromatic carbocycles. The Kier molecular flexibility index (Phi) is 6.21. The van der Waals surface area contributed by atoms with Gasteiger partial charge in [-0.1, -0.05) is 34.1 Å². The zero-order valence-corrected chi connectivity index (χ0v) is 21.8. The number of furan rings is 1. The van der Waals surface area contributed by atoms with Gasteiger partial charge in [-0.05, 0) is 79.1 Å². The van der Waals surface area contributed by atoms with Gasteiger partial charge in [-0.25, -0.2) is 0 Å². The Balaban J connectivity index is 1.64. The third kappa shape index (κ3) is 4.44. The van der Waals surface area contributed by atoms with Crippen LogP contribution in [0.25, 0.3) is 11.0 Å². The van der Waals surface area contributed by atoms with Crippen molar-refractivity contribution in [1.82, 2.24) is 0 Å². The molecule has 186 valence electrons. The lowest BCUT2D eigenvalue weighted by atomic mass is 9.94. The number of carbonyl (C=O) groups is 3. The van der Waals surface area contributed by atoms with Crippen molar-refractivity contribution in [3.8, 4) is 5.75 Å². The Bertz CT molecular complexity index is 1620. The van der Waals surface area contributed by atoms with Crippen LogP contribution in [0.3, 0.4) is 0 Å². The molecule has 1 aliphatic heterocycles. The Morgan fingerprint density at radius 3 is 2.38 bits per heavy atom. The first-order chi connectivity index (χ1) is 17.6. The molecule has 2 heterocycles. The summed E-state index contributed by atoms with van der Waals surface area (Å²) in [4.78, 5) is 40.0. The van der Waals surface area contributed by atoms with Crippen LogP contribution in [-0.4, -0.2) is 22.8 Å². The minimum absolute atomic E-state index is 0.00548. The first-order valence-corrected chi connectivity index (χ1v) is 12.3. The number of benzene rings is 3. The largest absolute Gasteiger partial charge is 0.503 e. The molecule has 0 bridgehead atoms. The van der Waals surface area contributed by atoms with E-state index in [1.165, 1.54) is 11.8 Å². The Labute approximate surface area is 221 Å². The number of ketones is 1. The molecule has 37 heavy (non-hydrogen) atoms. The van der Waals surface area contributed by atoms with Gasteiger partial charge in [0, 0.05) is 22.5 Å². The first-order valence-electron chi connectivity index (χ1n) is 11.5. The number of Topliss-reactive ketones (excluding diaryl/α,β-unsaturated/α-hetero) is 1. The third-order valence-corrected chi connectivity index (χ3v) is 6.87. The van der Waals surface area contributed by atoms with Crippen LogP contribution in [0, 0.1) is 13.8 Å². The summed E-state index contributed by atoms with van der Waals surface area (Å²) in [6.45, 7) is 5.18. The molecule has 1 unspecified atom stereocenters.